The monoisotopic (exact) mass is 410 g/mol. The van der Waals surface area contributed by atoms with Crippen LogP contribution in [0.1, 0.15) is 11.1 Å². The summed E-state index contributed by atoms with van der Waals surface area (Å²) in [6.45, 7) is 8.19. The first-order chi connectivity index (χ1) is 14.0. The molecular weight excluding hydrogens is 384 g/mol. The zero-order valence-corrected chi connectivity index (χ0v) is 17.9. The number of anilines is 2. The van der Waals surface area contributed by atoms with Crippen molar-refractivity contribution in [3.05, 3.63) is 46.8 Å². The number of pyridine rings is 1. The van der Waals surface area contributed by atoms with Gasteiger partial charge in [-0.15, -0.1) is 11.3 Å². The largest absolute Gasteiger partial charge is 0.474 e. The van der Waals surface area contributed by atoms with Gasteiger partial charge >= 0.3 is 0 Å². The van der Waals surface area contributed by atoms with Crippen molar-refractivity contribution in [2.75, 3.05) is 50.1 Å². The maximum absolute atomic E-state index is 12.2. The molecule has 6 nitrogen and oxygen atoms in total. The number of hydrogen-bond donors (Lipinski definition) is 1. The Labute approximate surface area is 175 Å². The molecule has 0 bridgehead atoms. The summed E-state index contributed by atoms with van der Waals surface area (Å²) in [4.78, 5) is 21.8. The first-order valence-corrected chi connectivity index (χ1v) is 10.7. The molecule has 0 saturated carbocycles. The number of nitrogens with zero attached hydrogens (tertiary/aromatic N) is 3. The van der Waals surface area contributed by atoms with Gasteiger partial charge in [-0.05, 0) is 67.7 Å². The Morgan fingerprint density at radius 3 is 2.69 bits per heavy atom. The minimum absolute atomic E-state index is 0.00241. The number of fused-ring (bicyclic) bond motifs is 1. The topological polar surface area (TPSA) is 57.7 Å². The molecule has 0 spiro atoms. The second-order valence-electron chi connectivity index (χ2n) is 7.60. The van der Waals surface area contributed by atoms with Gasteiger partial charge < -0.3 is 19.9 Å². The quantitative estimate of drug-likeness (QED) is 0.695. The smallest absolute Gasteiger partial charge is 0.262 e. The van der Waals surface area contributed by atoms with Gasteiger partial charge in [-0.2, -0.15) is 0 Å². The predicted octanol–water partition coefficient (Wildman–Crippen LogP) is 3.68. The molecule has 1 fully saturated rings. The predicted molar refractivity (Wildman–Crippen MR) is 119 cm³/mol. The fourth-order valence-electron chi connectivity index (χ4n) is 3.47. The van der Waals surface area contributed by atoms with Crippen molar-refractivity contribution in [1.82, 2.24) is 9.88 Å². The molecule has 4 rings (SSSR count). The number of ether oxygens (including phenoxy) is 1. The van der Waals surface area contributed by atoms with Crippen LogP contribution in [0.15, 0.2) is 35.7 Å². The van der Waals surface area contributed by atoms with E-state index < -0.39 is 0 Å². The lowest BCUT2D eigenvalue weighted by molar-refractivity contribution is -0.118. The average Bonchev–Trinajstić information content (AvgIpc) is 3.12. The number of hydrogen-bond acceptors (Lipinski definition) is 6. The van der Waals surface area contributed by atoms with E-state index in [0.717, 1.165) is 64.8 Å². The van der Waals surface area contributed by atoms with Crippen molar-refractivity contribution in [2.24, 2.45) is 0 Å². The second kappa shape index (κ2) is 8.39. The van der Waals surface area contributed by atoms with E-state index >= 15 is 0 Å². The summed E-state index contributed by atoms with van der Waals surface area (Å²) in [6, 6.07) is 9.93. The zero-order valence-electron chi connectivity index (χ0n) is 17.1. The van der Waals surface area contributed by atoms with E-state index in [2.05, 4.69) is 35.2 Å². The van der Waals surface area contributed by atoms with Crippen LogP contribution in [0.2, 0.25) is 0 Å². The van der Waals surface area contributed by atoms with Crippen molar-refractivity contribution in [3.63, 3.8) is 0 Å². The van der Waals surface area contributed by atoms with Crippen LogP contribution in [0, 0.1) is 13.8 Å². The van der Waals surface area contributed by atoms with E-state index in [-0.39, 0.29) is 12.5 Å². The number of thiophene rings is 1. The highest BCUT2D eigenvalue weighted by molar-refractivity contribution is 7.12. The van der Waals surface area contributed by atoms with Gasteiger partial charge in [0, 0.05) is 37.3 Å². The molecule has 1 aliphatic rings. The van der Waals surface area contributed by atoms with E-state index in [1.54, 1.807) is 0 Å². The van der Waals surface area contributed by atoms with Gasteiger partial charge in [0.25, 0.3) is 5.91 Å². The number of likely N-dealkylation sites (N-methyl/N-ethyl adjacent to an activating group) is 1. The minimum Gasteiger partial charge on any atom is -0.474 e. The molecule has 0 unspecified atom stereocenters. The molecule has 0 radical (unpaired) electrons. The number of nitrogens with one attached hydrogen (secondary N) is 1. The Morgan fingerprint density at radius 2 is 1.97 bits per heavy atom. The lowest BCUT2D eigenvalue weighted by Gasteiger charge is -2.33. The first-order valence-electron chi connectivity index (χ1n) is 9.80. The summed E-state index contributed by atoms with van der Waals surface area (Å²) in [5, 5.41) is 6.73. The standard InChI is InChI=1S/C22H26N4O2S/c1-15-10-22(29-14-15)28-13-21(27)23-17-4-5-19-18(12-17)16(2)11-20(24-19)26-8-6-25(3)7-9-26/h4-5,10-12,14H,6-9,13H2,1-3H3,(H,23,27). The van der Waals surface area contributed by atoms with Gasteiger partial charge in [0.2, 0.25) is 0 Å². The Balaban J connectivity index is 1.45. The number of aryl methyl sites for hydroxylation is 2. The molecule has 29 heavy (non-hydrogen) atoms. The van der Waals surface area contributed by atoms with Gasteiger partial charge in [-0.25, -0.2) is 4.98 Å². The van der Waals surface area contributed by atoms with Crippen LogP contribution >= 0.6 is 11.3 Å². The number of carbonyl (C=O) groups excluding carboxylic acids is 1. The average molecular weight is 411 g/mol. The molecule has 2 aromatic heterocycles. The van der Waals surface area contributed by atoms with Crippen LogP contribution in [0.4, 0.5) is 11.5 Å². The molecule has 7 heteroatoms. The maximum atomic E-state index is 12.2. The number of carbonyl (C=O) groups is 1. The highest BCUT2D eigenvalue weighted by Gasteiger charge is 2.16. The van der Waals surface area contributed by atoms with Crippen LogP contribution in [-0.4, -0.2) is 55.6 Å². The molecule has 0 aliphatic carbocycles. The van der Waals surface area contributed by atoms with Gasteiger partial charge in [-0.1, -0.05) is 0 Å². The molecule has 1 aliphatic heterocycles. The van der Waals surface area contributed by atoms with E-state index in [1.807, 2.05) is 36.6 Å². The van der Waals surface area contributed by atoms with Crippen molar-refractivity contribution < 1.29 is 9.53 Å². The molecule has 3 aromatic rings. The summed E-state index contributed by atoms with van der Waals surface area (Å²) in [7, 11) is 2.15. The Morgan fingerprint density at radius 1 is 1.17 bits per heavy atom. The fraction of sp³-hybridized carbons (Fsp3) is 0.364. The summed E-state index contributed by atoms with van der Waals surface area (Å²) in [5.74, 6) is 0.856. The molecular formula is C22H26N4O2S. The summed E-state index contributed by atoms with van der Waals surface area (Å²) < 4.78 is 5.55. The van der Waals surface area contributed by atoms with Gasteiger partial charge in [-0.3, -0.25) is 4.79 Å². The van der Waals surface area contributed by atoms with Crippen LogP contribution in [-0.2, 0) is 4.79 Å². The number of aromatic nitrogens is 1. The molecule has 1 aromatic carbocycles. The van der Waals surface area contributed by atoms with Crippen molar-refractivity contribution in [3.8, 4) is 5.06 Å². The van der Waals surface area contributed by atoms with Crippen LogP contribution in [0.5, 0.6) is 5.06 Å². The zero-order chi connectivity index (χ0) is 20.4. The minimum atomic E-state index is -0.171. The summed E-state index contributed by atoms with van der Waals surface area (Å²) in [6.07, 6.45) is 0. The Bertz CT molecular complexity index is 1020. The number of piperazine rings is 1. The third-order valence-corrected chi connectivity index (χ3v) is 6.12. The van der Waals surface area contributed by atoms with Crippen LogP contribution in [0.3, 0.4) is 0 Å². The lowest BCUT2D eigenvalue weighted by Crippen LogP contribution is -2.44. The van der Waals surface area contributed by atoms with Gasteiger partial charge in [0.05, 0.1) is 5.52 Å². The lowest BCUT2D eigenvalue weighted by atomic mass is 10.1. The molecule has 3 heterocycles. The van der Waals surface area contributed by atoms with E-state index in [0.29, 0.717) is 0 Å². The first kappa shape index (κ1) is 19.7. The maximum Gasteiger partial charge on any atom is 0.262 e. The van der Waals surface area contributed by atoms with Gasteiger partial charge in [0.1, 0.15) is 5.82 Å². The molecule has 1 N–H and O–H groups in total. The number of benzene rings is 1. The Hall–Kier alpha value is -2.64. The Kier molecular flexibility index (Phi) is 5.69. The molecule has 152 valence electrons. The normalized spacial score (nSPS) is 14.9. The van der Waals surface area contributed by atoms with Crippen LogP contribution in [0.25, 0.3) is 10.9 Å². The summed E-state index contributed by atoms with van der Waals surface area (Å²) >= 11 is 1.50. The highest BCUT2D eigenvalue weighted by atomic mass is 32.1. The van der Waals surface area contributed by atoms with Crippen LogP contribution < -0.4 is 15.0 Å². The van der Waals surface area contributed by atoms with Crippen molar-refractivity contribution in [2.45, 2.75) is 13.8 Å². The third-order valence-electron chi connectivity index (χ3n) is 5.17. The number of rotatable bonds is 5. The number of amides is 1. The highest BCUT2D eigenvalue weighted by Crippen LogP contribution is 2.26. The van der Waals surface area contributed by atoms with Crippen molar-refractivity contribution >= 4 is 39.7 Å². The molecule has 1 saturated heterocycles. The fourth-order valence-corrected chi connectivity index (χ4v) is 4.22. The van der Waals surface area contributed by atoms with Gasteiger partial charge in [0.15, 0.2) is 11.7 Å². The SMILES string of the molecule is Cc1csc(OCC(=O)Nc2ccc3nc(N4CCN(C)CC4)cc(C)c3c2)c1. The van der Waals surface area contributed by atoms with E-state index in [1.165, 1.54) is 11.3 Å². The second-order valence-corrected chi connectivity index (χ2v) is 8.47. The van der Waals surface area contributed by atoms with E-state index in [9.17, 15) is 4.79 Å². The van der Waals surface area contributed by atoms with Crippen molar-refractivity contribution in [1.29, 1.82) is 0 Å². The molecule has 0 atom stereocenters. The third kappa shape index (κ3) is 4.68. The molecule has 1 amide bonds. The summed E-state index contributed by atoms with van der Waals surface area (Å²) in [5.41, 5.74) is 4.00. The van der Waals surface area contributed by atoms with E-state index in [4.69, 9.17) is 9.72 Å².